The lowest BCUT2D eigenvalue weighted by Gasteiger charge is -2.27. The van der Waals surface area contributed by atoms with Gasteiger partial charge in [0.25, 0.3) is 0 Å². The van der Waals surface area contributed by atoms with Gasteiger partial charge in [-0.05, 0) is 31.0 Å². The molecular formula is C22H25N3O3. The number of likely N-dealkylation sites (N-methyl/N-ethyl adjacent to an activating group) is 1. The molecule has 0 aliphatic carbocycles. The molecule has 0 radical (unpaired) electrons. The lowest BCUT2D eigenvalue weighted by Crippen LogP contribution is -2.44. The molecule has 28 heavy (non-hydrogen) atoms. The summed E-state index contributed by atoms with van der Waals surface area (Å²) in [5.74, 6) is -0.534. The molecule has 6 nitrogen and oxygen atoms in total. The molecule has 0 fully saturated rings. The van der Waals surface area contributed by atoms with Crippen LogP contribution >= 0.6 is 0 Å². The Kier molecular flexibility index (Phi) is 6.42. The van der Waals surface area contributed by atoms with E-state index in [1.807, 2.05) is 60.7 Å². The molecule has 1 amide bonds. The van der Waals surface area contributed by atoms with Gasteiger partial charge in [0.2, 0.25) is 5.91 Å². The van der Waals surface area contributed by atoms with Crippen LogP contribution < -0.4 is 5.01 Å². The maximum atomic E-state index is 13.1. The normalized spacial score (nSPS) is 15.9. The Morgan fingerprint density at radius 2 is 1.75 bits per heavy atom. The van der Waals surface area contributed by atoms with Crippen molar-refractivity contribution in [2.24, 2.45) is 5.10 Å². The van der Waals surface area contributed by atoms with Crippen LogP contribution in [0.5, 0.6) is 0 Å². The summed E-state index contributed by atoms with van der Waals surface area (Å²) in [5.41, 5.74) is 2.23. The highest BCUT2D eigenvalue weighted by atomic mass is 16.5. The molecule has 0 saturated carbocycles. The summed E-state index contributed by atoms with van der Waals surface area (Å²) in [5, 5.41) is 6.04. The third kappa shape index (κ3) is 4.57. The minimum Gasteiger partial charge on any atom is -0.461 e. The molecule has 0 N–H and O–H groups in total. The van der Waals surface area contributed by atoms with Gasteiger partial charge in [-0.15, -0.1) is 0 Å². The van der Waals surface area contributed by atoms with Crippen LogP contribution in [0.4, 0.5) is 5.69 Å². The van der Waals surface area contributed by atoms with Gasteiger partial charge < -0.3 is 9.64 Å². The molecule has 146 valence electrons. The second-order valence-electron chi connectivity index (χ2n) is 6.66. The number of amides is 1. The average Bonchev–Trinajstić information content (AvgIpc) is 3.18. The van der Waals surface area contributed by atoms with Crippen LogP contribution in [0.1, 0.15) is 18.9 Å². The first kappa shape index (κ1) is 19.6. The summed E-state index contributed by atoms with van der Waals surface area (Å²) in [6.45, 7) is 2.62. The summed E-state index contributed by atoms with van der Waals surface area (Å²) >= 11 is 0. The van der Waals surface area contributed by atoms with E-state index in [9.17, 15) is 9.59 Å². The predicted octanol–water partition coefficient (Wildman–Crippen LogP) is 2.89. The second kappa shape index (κ2) is 9.17. The van der Waals surface area contributed by atoms with E-state index >= 15 is 0 Å². The zero-order valence-corrected chi connectivity index (χ0v) is 16.2. The van der Waals surface area contributed by atoms with Crippen molar-refractivity contribution in [2.45, 2.75) is 25.8 Å². The van der Waals surface area contributed by atoms with Crippen molar-refractivity contribution in [3.8, 4) is 0 Å². The molecule has 0 saturated heterocycles. The number of hydrogen-bond acceptors (Lipinski definition) is 5. The Bertz CT molecular complexity index is 837. The Labute approximate surface area is 165 Å². The number of esters is 1. The van der Waals surface area contributed by atoms with Crippen LogP contribution in [0.15, 0.2) is 65.8 Å². The van der Waals surface area contributed by atoms with Crippen molar-refractivity contribution in [1.29, 1.82) is 0 Å². The van der Waals surface area contributed by atoms with Gasteiger partial charge in [-0.2, -0.15) is 5.10 Å². The van der Waals surface area contributed by atoms with Gasteiger partial charge in [0.05, 0.1) is 12.3 Å². The fourth-order valence-corrected chi connectivity index (χ4v) is 3.17. The Morgan fingerprint density at radius 3 is 2.39 bits per heavy atom. The van der Waals surface area contributed by atoms with Gasteiger partial charge in [-0.3, -0.25) is 9.80 Å². The molecule has 1 aliphatic heterocycles. The maximum Gasteiger partial charge on any atom is 0.354 e. The van der Waals surface area contributed by atoms with Crippen LogP contribution in [0.25, 0.3) is 0 Å². The van der Waals surface area contributed by atoms with Gasteiger partial charge in [0, 0.05) is 20.0 Å². The maximum absolute atomic E-state index is 13.1. The minimum atomic E-state index is -0.553. The lowest BCUT2D eigenvalue weighted by atomic mass is 10.1. The molecule has 6 heteroatoms. The number of nitrogens with zero attached hydrogens (tertiary/aromatic N) is 3. The predicted molar refractivity (Wildman–Crippen MR) is 109 cm³/mol. The van der Waals surface area contributed by atoms with Crippen LogP contribution in [0, 0.1) is 0 Å². The Balaban J connectivity index is 1.74. The summed E-state index contributed by atoms with van der Waals surface area (Å²) in [4.78, 5) is 27.0. The van der Waals surface area contributed by atoms with E-state index in [1.165, 1.54) is 5.56 Å². The van der Waals surface area contributed by atoms with E-state index in [-0.39, 0.29) is 24.6 Å². The highest BCUT2D eigenvalue weighted by molar-refractivity contribution is 6.38. The van der Waals surface area contributed by atoms with Crippen molar-refractivity contribution in [1.82, 2.24) is 4.90 Å². The number of anilines is 1. The molecule has 3 rings (SSSR count). The van der Waals surface area contributed by atoms with Gasteiger partial charge in [-0.1, -0.05) is 48.5 Å². The molecule has 1 unspecified atom stereocenters. The Hall–Kier alpha value is -3.15. The zero-order valence-electron chi connectivity index (χ0n) is 16.2. The van der Waals surface area contributed by atoms with E-state index < -0.39 is 12.0 Å². The smallest absolute Gasteiger partial charge is 0.354 e. The van der Waals surface area contributed by atoms with Crippen molar-refractivity contribution < 1.29 is 14.3 Å². The quantitative estimate of drug-likeness (QED) is 0.694. The number of hydrogen-bond donors (Lipinski definition) is 0. The molecular weight excluding hydrogens is 354 g/mol. The zero-order chi connectivity index (χ0) is 19.9. The molecule has 1 atom stereocenters. The standard InChI is InChI=1S/C22H25N3O3/c1-3-28-22(27)19-16-20(25(23-19)18-12-8-5-9-13-18)21(26)24(2)15-14-17-10-6-4-7-11-17/h4-13,20H,3,14-16H2,1-2H3. The van der Waals surface area contributed by atoms with E-state index in [0.29, 0.717) is 6.54 Å². The highest BCUT2D eigenvalue weighted by Gasteiger charge is 2.38. The summed E-state index contributed by atoms with van der Waals surface area (Å²) in [7, 11) is 1.79. The van der Waals surface area contributed by atoms with E-state index in [1.54, 1.807) is 23.9 Å². The highest BCUT2D eigenvalue weighted by Crippen LogP contribution is 2.26. The first-order chi connectivity index (χ1) is 13.6. The molecule has 0 aromatic heterocycles. The minimum absolute atomic E-state index is 0.0668. The van der Waals surface area contributed by atoms with E-state index in [2.05, 4.69) is 5.10 Å². The number of hydrazone groups is 1. The van der Waals surface area contributed by atoms with Crippen molar-refractivity contribution in [3.05, 3.63) is 66.2 Å². The van der Waals surface area contributed by atoms with Gasteiger partial charge in [-0.25, -0.2) is 4.79 Å². The third-order valence-corrected chi connectivity index (χ3v) is 4.68. The number of para-hydroxylation sites is 1. The van der Waals surface area contributed by atoms with Crippen molar-refractivity contribution in [3.63, 3.8) is 0 Å². The average molecular weight is 379 g/mol. The molecule has 0 spiro atoms. The summed E-state index contributed by atoms with van der Waals surface area (Å²) in [6.07, 6.45) is 1.01. The fraction of sp³-hybridized carbons (Fsp3) is 0.318. The first-order valence-electron chi connectivity index (χ1n) is 9.48. The lowest BCUT2D eigenvalue weighted by molar-refractivity contribution is -0.135. The number of carbonyl (C=O) groups is 2. The summed E-state index contributed by atoms with van der Waals surface area (Å²) < 4.78 is 5.08. The fourth-order valence-electron chi connectivity index (χ4n) is 3.17. The molecule has 2 aromatic carbocycles. The monoisotopic (exact) mass is 379 g/mol. The number of ether oxygens (including phenoxy) is 1. The largest absolute Gasteiger partial charge is 0.461 e. The van der Waals surface area contributed by atoms with E-state index in [0.717, 1.165) is 12.1 Å². The van der Waals surface area contributed by atoms with Crippen LogP contribution in [-0.4, -0.2) is 48.7 Å². The molecule has 2 aromatic rings. The summed E-state index contributed by atoms with van der Waals surface area (Å²) in [6, 6.07) is 18.9. The van der Waals surface area contributed by atoms with Gasteiger partial charge >= 0.3 is 5.97 Å². The third-order valence-electron chi connectivity index (χ3n) is 4.68. The number of benzene rings is 2. The SMILES string of the molecule is CCOC(=O)C1=NN(c2ccccc2)C(C(=O)N(C)CCc2ccccc2)C1. The van der Waals surface area contributed by atoms with Crippen LogP contribution in [0.3, 0.4) is 0 Å². The molecule has 0 bridgehead atoms. The van der Waals surface area contributed by atoms with E-state index in [4.69, 9.17) is 4.74 Å². The molecule has 1 aliphatic rings. The topological polar surface area (TPSA) is 62.2 Å². The Morgan fingerprint density at radius 1 is 1.11 bits per heavy atom. The first-order valence-corrected chi connectivity index (χ1v) is 9.48. The van der Waals surface area contributed by atoms with Crippen LogP contribution in [0.2, 0.25) is 0 Å². The number of rotatable bonds is 7. The van der Waals surface area contributed by atoms with Crippen molar-refractivity contribution >= 4 is 23.3 Å². The molecule has 1 heterocycles. The van der Waals surface area contributed by atoms with Crippen LogP contribution in [-0.2, 0) is 20.7 Å². The second-order valence-corrected chi connectivity index (χ2v) is 6.66. The van der Waals surface area contributed by atoms with Crippen molar-refractivity contribution in [2.75, 3.05) is 25.2 Å². The number of carbonyl (C=O) groups excluding carboxylic acids is 2. The van der Waals surface area contributed by atoms with Gasteiger partial charge in [0.15, 0.2) is 0 Å². The van der Waals surface area contributed by atoms with Gasteiger partial charge in [0.1, 0.15) is 11.8 Å².